The average molecular weight is 586 g/mol. The van der Waals surface area contributed by atoms with Gasteiger partial charge in [-0.25, -0.2) is 10.1 Å². The smallest absolute Gasteiger partial charge is 0.305 e. The highest BCUT2D eigenvalue weighted by Gasteiger charge is 2.07. The zero-order chi connectivity index (χ0) is 30.4. The maximum absolute atomic E-state index is 11.9. The highest BCUT2D eigenvalue weighted by Crippen LogP contribution is 2.11. The van der Waals surface area contributed by atoms with Gasteiger partial charge in [0, 0.05) is 26.4 Å². The molecule has 0 aliphatic carbocycles. The first kappa shape index (κ1) is 38.6. The minimum Gasteiger partial charge on any atom is -0.481 e. The van der Waals surface area contributed by atoms with Gasteiger partial charge in [-0.2, -0.15) is 0 Å². The lowest BCUT2D eigenvalue weighted by Crippen LogP contribution is -2.37. The molecule has 41 heavy (non-hydrogen) atoms. The standard InChI is InChI=1S/C30H59N5O6/c1-3-4-5-6-7-14-19-27-41-29(38)22-16-11-9-13-18-25-34(24-17-12-8-10-15-21-28(36)37)26-20-23-32-30(31-2)33-35(39)40/h3-27H2,1-2H3,(H,36,37)(H2,31,32,33). The number of nitrogens with one attached hydrogen (secondary N) is 2. The molecule has 0 bridgehead atoms. The molecule has 3 N–H and O–H groups in total. The van der Waals surface area contributed by atoms with E-state index in [9.17, 15) is 19.7 Å². The number of nitro groups is 1. The Morgan fingerprint density at radius 2 is 1.29 bits per heavy atom. The van der Waals surface area contributed by atoms with Crippen LogP contribution in [0.2, 0.25) is 0 Å². The summed E-state index contributed by atoms with van der Waals surface area (Å²) in [5, 5.41) is 27.5. The van der Waals surface area contributed by atoms with Gasteiger partial charge in [0.25, 0.3) is 5.96 Å². The molecule has 0 unspecified atom stereocenters. The number of carbonyl (C=O) groups excluding carboxylic acids is 1. The van der Waals surface area contributed by atoms with Crippen molar-refractivity contribution < 1.29 is 24.5 Å². The Labute approximate surface area is 248 Å². The zero-order valence-electron chi connectivity index (χ0n) is 26.0. The van der Waals surface area contributed by atoms with Crippen LogP contribution in [-0.2, 0) is 14.3 Å². The Morgan fingerprint density at radius 3 is 1.85 bits per heavy atom. The van der Waals surface area contributed by atoms with Crippen LogP contribution in [0.25, 0.3) is 0 Å². The summed E-state index contributed by atoms with van der Waals surface area (Å²) in [4.78, 5) is 35.6. The lowest BCUT2D eigenvalue weighted by Gasteiger charge is -2.22. The predicted octanol–water partition coefficient (Wildman–Crippen LogP) is 6.09. The van der Waals surface area contributed by atoms with Gasteiger partial charge >= 0.3 is 11.9 Å². The van der Waals surface area contributed by atoms with Crippen molar-refractivity contribution in [2.45, 2.75) is 135 Å². The lowest BCUT2D eigenvalue weighted by molar-refractivity contribution is -0.485. The molecule has 0 saturated heterocycles. The van der Waals surface area contributed by atoms with Crippen LogP contribution >= 0.6 is 0 Å². The molecule has 0 atom stereocenters. The van der Waals surface area contributed by atoms with Crippen LogP contribution in [-0.4, -0.2) is 72.8 Å². The lowest BCUT2D eigenvalue weighted by atomic mass is 10.1. The minimum absolute atomic E-state index is 0.0663. The van der Waals surface area contributed by atoms with Crippen molar-refractivity contribution in [2.75, 3.05) is 39.8 Å². The highest BCUT2D eigenvalue weighted by atomic mass is 16.7. The van der Waals surface area contributed by atoms with Crippen molar-refractivity contribution in [3.63, 3.8) is 0 Å². The van der Waals surface area contributed by atoms with Gasteiger partial charge in [0.2, 0.25) is 0 Å². The number of nitrogens with zero attached hydrogens (tertiary/aromatic N) is 3. The first-order valence-corrected chi connectivity index (χ1v) is 16.1. The molecule has 0 aromatic heterocycles. The highest BCUT2D eigenvalue weighted by molar-refractivity contribution is 5.78. The van der Waals surface area contributed by atoms with Crippen molar-refractivity contribution in [3.8, 4) is 0 Å². The van der Waals surface area contributed by atoms with E-state index in [-0.39, 0.29) is 18.3 Å². The van der Waals surface area contributed by atoms with Gasteiger partial charge in [-0.1, -0.05) is 84.0 Å². The number of hydrogen-bond donors (Lipinski definition) is 3. The van der Waals surface area contributed by atoms with E-state index < -0.39 is 11.0 Å². The molecular formula is C30H59N5O6. The van der Waals surface area contributed by atoms with E-state index in [1.165, 1.54) is 32.1 Å². The normalized spacial score (nSPS) is 11.5. The molecule has 0 fully saturated rings. The first-order valence-electron chi connectivity index (χ1n) is 16.1. The van der Waals surface area contributed by atoms with Crippen LogP contribution in [0.5, 0.6) is 0 Å². The third-order valence-electron chi connectivity index (χ3n) is 7.09. The third kappa shape index (κ3) is 28.9. The fourth-order valence-corrected chi connectivity index (χ4v) is 4.69. The Bertz CT molecular complexity index is 692. The summed E-state index contributed by atoms with van der Waals surface area (Å²) >= 11 is 0. The fraction of sp³-hybridized carbons (Fsp3) is 0.900. The molecule has 0 aromatic rings. The molecule has 0 aliphatic heterocycles. The van der Waals surface area contributed by atoms with Gasteiger partial charge in [-0.3, -0.25) is 9.59 Å². The molecule has 0 spiro atoms. The predicted molar refractivity (Wildman–Crippen MR) is 165 cm³/mol. The van der Waals surface area contributed by atoms with E-state index in [0.717, 1.165) is 103 Å². The Kier molecular flexibility index (Phi) is 27.4. The van der Waals surface area contributed by atoms with Crippen LogP contribution in [0.15, 0.2) is 5.10 Å². The van der Waals surface area contributed by atoms with Crippen LogP contribution in [0.1, 0.15) is 135 Å². The molecule has 0 aliphatic rings. The average Bonchev–Trinajstić information content (AvgIpc) is 2.94. The topological polar surface area (TPSA) is 146 Å². The fourth-order valence-electron chi connectivity index (χ4n) is 4.69. The van der Waals surface area contributed by atoms with E-state index in [1.54, 1.807) is 7.05 Å². The monoisotopic (exact) mass is 585 g/mol. The molecule has 0 aromatic carbocycles. The number of carboxylic acid groups (broad SMARTS) is 1. The van der Waals surface area contributed by atoms with Gasteiger partial charge in [0.15, 0.2) is 5.03 Å². The van der Waals surface area contributed by atoms with Crippen LogP contribution in [0.3, 0.4) is 0 Å². The second kappa shape index (κ2) is 29.1. The Morgan fingerprint density at radius 1 is 0.780 bits per heavy atom. The SMILES string of the molecule is CCCCCCCCCOC(=O)CCCCCCCN(CCCCCCCC(=O)O)CCCN/C(=N/[N+](=O)[O-])NC. The molecule has 11 nitrogen and oxygen atoms in total. The summed E-state index contributed by atoms with van der Waals surface area (Å²) in [6, 6.07) is 0. The van der Waals surface area contributed by atoms with Gasteiger partial charge < -0.3 is 25.4 Å². The summed E-state index contributed by atoms with van der Waals surface area (Å²) in [5.74, 6) is -0.638. The molecule has 0 amide bonds. The van der Waals surface area contributed by atoms with Crippen LogP contribution in [0, 0.1) is 10.1 Å². The number of carbonyl (C=O) groups is 2. The van der Waals surface area contributed by atoms with Gasteiger partial charge in [-0.05, 0) is 58.2 Å². The number of unbranched alkanes of at least 4 members (excludes halogenated alkanes) is 14. The van der Waals surface area contributed by atoms with Crippen molar-refractivity contribution in [1.82, 2.24) is 15.5 Å². The van der Waals surface area contributed by atoms with E-state index in [4.69, 9.17) is 9.84 Å². The number of rotatable bonds is 29. The summed E-state index contributed by atoms with van der Waals surface area (Å²) < 4.78 is 5.37. The maximum Gasteiger partial charge on any atom is 0.305 e. The number of ether oxygens (including phenoxy) is 1. The van der Waals surface area contributed by atoms with Crippen LogP contribution in [0.4, 0.5) is 0 Å². The molecule has 240 valence electrons. The van der Waals surface area contributed by atoms with E-state index >= 15 is 0 Å². The van der Waals surface area contributed by atoms with Crippen molar-refractivity contribution in [1.29, 1.82) is 0 Å². The summed E-state index contributed by atoms with van der Waals surface area (Å²) in [6.45, 7) is 6.26. The number of hydrazone groups is 1. The Balaban J connectivity index is 4.08. The summed E-state index contributed by atoms with van der Waals surface area (Å²) in [5.41, 5.74) is 0. The number of esters is 1. The first-order chi connectivity index (χ1) is 19.9. The molecular weight excluding hydrogens is 526 g/mol. The number of hydrogen-bond acceptors (Lipinski definition) is 6. The maximum atomic E-state index is 11.9. The van der Waals surface area contributed by atoms with Crippen molar-refractivity contribution in [2.24, 2.45) is 5.10 Å². The second-order valence-electron chi connectivity index (χ2n) is 10.8. The third-order valence-corrected chi connectivity index (χ3v) is 7.09. The molecule has 0 radical (unpaired) electrons. The second-order valence-corrected chi connectivity index (χ2v) is 10.8. The number of carboxylic acids is 1. The van der Waals surface area contributed by atoms with E-state index in [0.29, 0.717) is 19.6 Å². The van der Waals surface area contributed by atoms with E-state index in [1.807, 2.05) is 0 Å². The molecule has 11 heteroatoms. The molecule has 0 saturated carbocycles. The van der Waals surface area contributed by atoms with Gasteiger partial charge in [0.1, 0.15) is 5.10 Å². The Hall–Kier alpha value is -2.43. The minimum atomic E-state index is -0.729. The van der Waals surface area contributed by atoms with Gasteiger partial charge in [-0.15, -0.1) is 0 Å². The molecule has 0 rings (SSSR count). The van der Waals surface area contributed by atoms with Gasteiger partial charge in [0.05, 0.1) is 6.61 Å². The number of guanidine groups is 1. The van der Waals surface area contributed by atoms with Crippen LogP contribution < -0.4 is 10.6 Å². The summed E-state index contributed by atoms with van der Waals surface area (Å²) in [7, 11) is 1.60. The zero-order valence-corrected chi connectivity index (χ0v) is 26.0. The molecule has 0 heterocycles. The van der Waals surface area contributed by atoms with E-state index in [2.05, 4.69) is 27.6 Å². The quantitative estimate of drug-likeness (QED) is 0.0237. The number of aliphatic carboxylic acids is 1. The summed E-state index contributed by atoms with van der Waals surface area (Å²) in [6.07, 6.45) is 20.3. The van der Waals surface area contributed by atoms with Crippen molar-refractivity contribution >= 4 is 17.9 Å². The largest absolute Gasteiger partial charge is 0.481 e. The van der Waals surface area contributed by atoms with Crippen molar-refractivity contribution in [3.05, 3.63) is 10.1 Å².